The van der Waals surface area contributed by atoms with Crippen molar-refractivity contribution in [3.05, 3.63) is 32.7 Å². The van der Waals surface area contributed by atoms with Crippen molar-refractivity contribution in [2.45, 2.75) is 38.8 Å². The number of fused-ring (bicyclic) bond motifs is 1. The largest absolute Gasteiger partial charge is 0.352 e. The molecule has 26 heavy (non-hydrogen) atoms. The highest BCUT2D eigenvalue weighted by Gasteiger charge is 2.36. The van der Waals surface area contributed by atoms with Crippen LogP contribution in [0.5, 0.6) is 0 Å². The second kappa shape index (κ2) is 6.48. The number of piperazine rings is 1. The molecule has 138 valence electrons. The van der Waals surface area contributed by atoms with Gasteiger partial charge in [0, 0.05) is 42.4 Å². The Hall–Kier alpha value is -2.26. The number of carbonyl (C=O) groups is 2. The number of thiazole rings is 1. The van der Waals surface area contributed by atoms with Crippen LogP contribution < -0.4 is 16.2 Å². The molecule has 1 aliphatic carbocycles. The minimum atomic E-state index is -0.609. The SMILES string of the molecule is Cc1sc2ncc(C(=O)N3CCNC[C@H]3C(=O)NC3CC3)c(=O)n2c1C. The Balaban J connectivity index is 1.67. The molecule has 3 heterocycles. The summed E-state index contributed by atoms with van der Waals surface area (Å²) in [5.74, 6) is -0.595. The van der Waals surface area contributed by atoms with Crippen molar-refractivity contribution >= 4 is 28.1 Å². The molecule has 2 fully saturated rings. The average Bonchev–Trinajstić information content (AvgIpc) is 3.39. The molecule has 1 saturated heterocycles. The van der Waals surface area contributed by atoms with Gasteiger partial charge in [-0.2, -0.15) is 0 Å². The number of nitrogens with zero attached hydrogens (tertiary/aromatic N) is 3. The third-order valence-electron chi connectivity index (χ3n) is 4.98. The number of nitrogens with one attached hydrogen (secondary N) is 2. The number of aromatic nitrogens is 2. The van der Waals surface area contributed by atoms with Crippen LogP contribution in [-0.2, 0) is 4.79 Å². The second-order valence-electron chi connectivity index (χ2n) is 6.84. The van der Waals surface area contributed by atoms with Crippen molar-refractivity contribution in [2.24, 2.45) is 0 Å². The first-order chi connectivity index (χ1) is 12.5. The number of amides is 2. The molecule has 4 rings (SSSR count). The van der Waals surface area contributed by atoms with Gasteiger partial charge in [0.15, 0.2) is 4.96 Å². The summed E-state index contributed by atoms with van der Waals surface area (Å²) in [5.41, 5.74) is 0.428. The molecular weight excluding hydrogens is 354 g/mol. The molecule has 0 spiro atoms. The molecule has 0 aromatic carbocycles. The Kier molecular flexibility index (Phi) is 4.28. The van der Waals surface area contributed by atoms with E-state index in [1.807, 2.05) is 13.8 Å². The predicted octanol–water partition coefficient (Wildman–Crippen LogP) is 0.0654. The second-order valence-corrected chi connectivity index (χ2v) is 8.02. The number of rotatable bonds is 3. The van der Waals surface area contributed by atoms with Crippen molar-refractivity contribution < 1.29 is 9.59 Å². The van der Waals surface area contributed by atoms with Crippen LogP contribution in [0.3, 0.4) is 0 Å². The first kappa shape index (κ1) is 17.2. The zero-order valence-corrected chi connectivity index (χ0v) is 15.6. The van der Waals surface area contributed by atoms with Gasteiger partial charge >= 0.3 is 0 Å². The fraction of sp³-hybridized carbons (Fsp3) is 0.529. The van der Waals surface area contributed by atoms with Crippen molar-refractivity contribution in [1.82, 2.24) is 24.9 Å². The lowest BCUT2D eigenvalue weighted by molar-refractivity contribution is -0.126. The average molecular weight is 375 g/mol. The van der Waals surface area contributed by atoms with Gasteiger partial charge < -0.3 is 15.5 Å². The lowest BCUT2D eigenvalue weighted by atomic mass is 10.1. The van der Waals surface area contributed by atoms with E-state index in [-0.39, 0.29) is 23.1 Å². The lowest BCUT2D eigenvalue weighted by Gasteiger charge is -2.35. The molecule has 0 bridgehead atoms. The molecule has 2 aliphatic rings. The Bertz CT molecular complexity index is 946. The van der Waals surface area contributed by atoms with Crippen LogP contribution >= 0.6 is 11.3 Å². The van der Waals surface area contributed by atoms with E-state index in [4.69, 9.17) is 0 Å². The number of aryl methyl sites for hydroxylation is 2. The molecule has 8 nitrogen and oxygen atoms in total. The molecule has 9 heteroatoms. The van der Waals surface area contributed by atoms with Crippen molar-refractivity contribution in [1.29, 1.82) is 0 Å². The fourth-order valence-corrected chi connectivity index (χ4v) is 4.11. The van der Waals surface area contributed by atoms with Gasteiger partial charge in [0.2, 0.25) is 5.91 Å². The number of carbonyl (C=O) groups excluding carboxylic acids is 2. The molecule has 2 aromatic heterocycles. The standard InChI is InChI=1S/C17H21N5O3S/c1-9-10(2)26-17-19-7-12(16(25)22(9)17)15(24)21-6-5-18-8-13(21)14(23)20-11-3-4-11/h7,11,13,18H,3-6,8H2,1-2H3,(H,20,23)/t13-/m0/s1. The van der Waals surface area contributed by atoms with E-state index in [0.29, 0.717) is 24.6 Å². The quantitative estimate of drug-likeness (QED) is 0.791. The van der Waals surface area contributed by atoms with Crippen molar-refractivity contribution in [3.8, 4) is 0 Å². The third-order valence-corrected chi connectivity index (χ3v) is 6.05. The van der Waals surface area contributed by atoms with Gasteiger partial charge in [-0.1, -0.05) is 0 Å². The van der Waals surface area contributed by atoms with E-state index >= 15 is 0 Å². The van der Waals surface area contributed by atoms with Crippen LogP contribution in [-0.4, -0.2) is 57.8 Å². The summed E-state index contributed by atoms with van der Waals surface area (Å²) in [5, 5.41) is 6.10. The molecule has 2 N–H and O–H groups in total. The minimum Gasteiger partial charge on any atom is -0.352 e. The lowest BCUT2D eigenvalue weighted by Crippen LogP contribution is -2.60. The van der Waals surface area contributed by atoms with Crippen LogP contribution in [0.25, 0.3) is 4.96 Å². The summed E-state index contributed by atoms with van der Waals surface area (Å²) in [6, 6.07) is -0.385. The highest BCUT2D eigenvalue weighted by Crippen LogP contribution is 2.20. The highest BCUT2D eigenvalue weighted by molar-refractivity contribution is 7.17. The van der Waals surface area contributed by atoms with E-state index in [0.717, 1.165) is 23.4 Å². The van der Waals surface area contributed by atoms with E-state index in [2.05, 4.69) is 15.6 Å². The predicted molar refractivity (Wildman–Crippen MR) is 97.7 cm³/mol. The Morgan fingerprint density at radius 3 is 2.85 bits per heavy atom. The van der Waals surface area contributed by atoms with Crippen molar-refractivity contribution in [3.63, 3.8) is 0 Å². The van der Waals surface area contributed by atoms with Gasteiger partial charge in [0.1, 0.15) is 11.6 Å². The van der Waals surface area contributed by atoms with Gasteiger partial charge in [-0.25, -0.2) is 4.98 Å². The van der Waals surface area contributed by atoms with Crippen LogP contribution in [0.1, 0.15) is 33.8 Å². The van der Waals surface area contributed by atoms with Crippen LogP contribution in [0.2, 0.25) is 0 Å². The third kappa shape index (κ3) is 2.90. The molecular formula is C17H21N5O3S. The molecule has 0 radical (unpaired) electrons. The Morgan fingerprint density at radius 2 is 2.12 bits per heavy atom. The monoisotopic (exact) mass is 375 g/mol. The zero-order chi connectivity index (χ0) is 18.4. The highest BCUT2D eigenvalue weighted by atomic mass is 32.1. The Morgan fingerprint density at radius 1 is 1.35 bits per heavy atom. The molecule has 2 amide bonds. The summed E-state index contributed by atoms with van der Waals surface area (Å²) in [6.07, 6.45) is 3.31. The van der Waals surface area contributed by atoms with Gasteiger partial charge in [-0.15, -0.1) is 11.3 Å². The topological polar surface area (TPSA) is 95.8 Å². The molecule has 1 atom stereocenters. The first-order valence-corrected chi connectivity index (χ1v) is 9.59. The van der Waals surface area contributed by atoms with Crippen LogP contribution in [0.4, 0.5) is 0 Å². The number of hydrogen-bond donors (Lipinski definition) is 2. The summed E-state index contributed by atoms with van der Waals surface area (Å²) in [7, 11) is 0. The van der Waals surface area contributed by atoms with Crippen LogP contribution in [0, 0.1) is 13.8 Å². The van der Waals surface area contributed by atoms with Crippen LogP contribution in [0.15, 0.2) is 11.0 Å². The fourth-order valence-electron chi connectivity index (χ4n) is 3.18. The normalized spacial score (nSPS) is 20.4. The summed E-state index contributed by atoms with van der Waals surface area (Å²) >= 11 is 1.42. The van der Waals surface area contributed by atoms with Gasteiger partial charge in [-0.3, -0.25) is 18.8 Å². The van der Waals surface area contributed by atoms with E-state index in [1.165, 1.54) is 26.8 Å². The first-order valence-electron chi connectivity index (χ1n) is 8.77. The molecule has 2 aromatic rings. The maximum atomic E-state index is 13.1. The smallest absolute Gasteiger partial charge is 0.271 e. The van der Waals surface area contributed by atoms with E-state index < -0.39 is 11.9 Å². The summed E-state index contributed by atoms with van der Waals surface area (Å²) in [6.45, 7) is 5.12. The van der Waals surface area contributed by atoms with Crippen molar-refractivity contribution in [2.75, 3.05) is 19.6 Å². The van der Waals surface area contributed by atoms with E-state index in [1.54, 1.807) is 0 Å². The molecule has 1 saturated carbocycles. The summed E-state index contributed by atoms with van der Waals surface area (Å²) in [4.78, 5) is 45.8. The van der Waals surface area contributed by atoms with Gasteiger partial charge in [0.05, 0.1) is 0 Å². The molecule has 1 aliphatic heterocycles. The number of hydrogen-bond acceptors (Lipinski definition) is 6. The zero-order valence-electron chi connectivity index (χ0n) is 14.7. The Labute approximate surface area is 154 Å². The minimum absolute atomic E-state index is 0.00882. The molecule has 0 unspecified atom stereocenters. The van der Waals surface area contributed by atoms with Gasteiger partial charge in [-0.05, 0) is 26.7 Å². The maximum Gasteiger partial charge on any atom is 0.271 e. The van der Waals surface area contributed by atoms with Gasteiger partial charge in [0.25, 0.3) is 11.5 Å². The van der Waals surface area contributed by atoms with E-state index in [9.17, 15) is 14.4 Å². The maximum absolute atomic E-state index is 13.1. The summed E-state index contributed by atoms with van der Waals surface area (Å²) < 4.78 is 1.48.